The van der Waals surface area contributed by atoms with Crippen molar-refractivity contribution in [3.63, 3.8) is 0 Å². The van der Waals surface area contributed by atoms with Gasteiger partial charge in [-0.15, -0.1) is 0 Å². The van der Waals surface area contributed by atoms with E-state index in [0.717, 1.165) is 42.7 Å². The Bertz CT molecular complexity index is 889. The van der Waals surface area contributed by atoms with Crippen molar-refractivity contribution < 1.29 is 14.7 Å². The van der Waals surface area contributed by atoms with Gasteiger partial charge in [-0.05, 0) is 31.9 Å². The van der Waals surface area contributed by atoms with Gasteiger partial charge >= 0.3 is 5.97 Å². The molecule has 1 aliphatic heterocycles. The van der Waals surface area contributed by atoms with Crippen LogP contribution in [-0.4, -0.2) is 58.7 Å². The van der Waals surface area contributed by atoms with Gasteiger partial charge in [-0.25, -0.2) is 4.98 Å². The fraction of sp³-hybridized carbons (Fsp3) is 0.524. The maximum absolute atomic E-state index is 12.9. The molecule has 0 bridgehead atoms. The topological polar surface area (TPSA) is 98.7 Å². The number of aromatic nitrogens is 2. The van der Waals surface area contributed by atoms with Crippen LogP contribution in [-0.2, 0) is 4.79 Å². The Hall–Kier alpha value is -2.68. The summed E-state index contributed by atoms with van der Waals surface area (Å²) in [5, 5.41) is 12.8. The number of nitrogens with one attached hydrogen (secondary N) is 1. The number of carboxylic acid groups (broad SMARTS) is 1. The Labute approximate surface area is 180 Å². The molecule has 1 saturated heterocycles. The summed E-state index contributed by atoms with van der Waals surface area (Å²) in [6, 6.07) is 4.02. The molecule has 0 radical (unpaired) electrons. The summed E-state index contributed by atoms with van der Waals surface area (Å²) in [6.07, 6.45) is 3.46. The van der Waals surface area contributed by atoms with E-state index in [-0.39, 0.29) is 18.2 Å². The van der Waals surface area contributed by atoms with Crippen LogP contribution < -0.4 is 15.1 Å². The van der Waals surface area contributed by atoms with Gasteiger partial charge in [0.15, 0.2) is 5.13 Å². The largest absolute Gasteiger partial charge is 0.481 e. The number of carboxylic acids is 1. The second-order valence-electron chi connectivity index (χ2n) is 8.45. The van der Waals surface area contributed by atoms with Gasteiger partial charge in [0.25, 0.3) is 5.91 Å². The lowest BCUT2D eigenvalue weighted by Crippen LogP contribution is -2.46. The molecule has 9 heteroatoms. The number of carbonyl (C=O) groups is 2. The lowest BCUT2D eigenvalue weighted by atomic mass is 10.0. The Balaban J connectivity index is 1.73. The first-order chi connectivity index (χ1) is 14.2. The quantitative estimate of drug-likeness (QED) is 0.695. The lowest BCUT2D eigenvalue weighted by molar-refractivity contribution is -0.138. The van der Waals surface area contributed by atoms with Crippen LogP contribution in [0, 0.1) is 0 Å². The van der Waals surface area contributed by atoms with Crippen LogP contribution in [0.25, 0.3) is 0 Å². The van der Waals surface area contributed by atoms with E-state index in [9.17, 15) is 9.59 Å². The maximum Gasteiger partial charge on any atom is 0.305 e. The number of rotatable bonds is 7. The molecule has 162 valence electrons. The number of pyridine rings is 1. The summed E-state index contributed by atoms with van der Waals surface area (Å²) in [7, 11) is 0. The molecule has 0 atom stereocenters. The van der Waals surface area contributed by atoms with Crippen molar-refractivity contribution in [3.8, 4) is 0 Å². The van der Waals surface area contributed by atoms with E-state index in [1.807, 2.05) is 26.0 Å². The van der Waals surface area contributed by atoms with Crippen molar-refractivity contribution >= 4 is 34.0 Å². The molecule has 0 unspecified atom stereocenters. The van der Waals surface area contributed by atoms with Crippen molar-refractivity contribution in [3.05, 3.63) is 35.1 Å². The lowest BCUT2D eigenvalue weighted by Gasteiger charge is -2.35. The van der Waals surface area contributed by atoms with Crippen molar-refractivity contribution in [2.45, 2.75) is 45.6 Å². The van der Waals surface area contributed by atoms with Gasteiger partial charge in [-0.2, -0.15) is 0 Å². The van der Waals surface area contributed by atoms with Gasteiger partial charge in [0, 0.05) is 49.8 Å². The van der Waals surface area contributed by atoms with Crippen LogP contribution in [0.15, 0.2) is 24.5 Å². The van der Waals surface area contributed by atoms with Crippen LogP contribution in [0.4, 0.5) is 10.8 Å². The van der Waals surface area contributed by atoms with E-state index in [4.69, 9.17) is 10.1 Å². The Morgan fingerprint density at radius 1 is 1.17 bits per heavy atom. The molecule has 0 aliphatic carbocycles. The third-order valence-corrected chi connectivity index (χ3v) is 6.15. The Morgan fingerprint density at radius 3 is 2.33 bits per heavy atom. The second-order valence-corrected chi connectivity index (χ2v) is 9.43. The van der Waals surface area contributed by atoms with Crippen molar-refractivity contribution in [2.24, 2.45) is 0 Å². The zero-order valence-electron chi connectivity index (χ0n) is 17.9. The van der Waals surface area contributed by atoms with Crippen LogP contribution in [0.1, 0.15) is 55.4 Å². The molecule has 1 amide bonds. The minimum absolute atomic E-state index is 0.0939. The molecule has 1 aliphatic rings. The molecular weight excluding hydrogens is 402 g/mol. The van der Waals surface area contributed by atoms with E-state index in [0.29, 0.717) is 4.88 Å². The number of hydrogen-bond acceptors (Lipinski definition) is 7. The maximum atomic E-state index is 12.9. The summed E-state index contributed by atoms with van der Waals surface area (Å²) < 4.78 is 0. The summed E-state index contributed by atoms with van der Waals surface area (Å²) in [5.74, 6) is -1.11. The van der Waals surface area contributed by atoms with Crippen LogP contribution in [0.2, 0.25) is 0 Å². The number of amides is 1. The van der Waals surface area contributed by atoms with Gasteiger partial charge in [0.05, 0.1) is 12.1 Å². The van der Waals surface area contributed by atoms with Gasteiger partial charge in [-0.3, -0.25) is 14.6 Å². The number of piperazine rings is 1. The van der Waals surface area contributed by atoms with Gasteiger partial charge in [-0.1, -0.05) is 25.2 Å². The van der Waals surface area contributed by atoms with Crippen LogP contribution in [0.5, 0.6) is 0 Å². The average molecular weight is 432 g/mol. The third kappa shape index (κ3) is 5.27. The second kappa shape index (κ2) is 8.99. The number of aliphatic carboxylic acids is 1. The van der Waals surface area contributed by atoms with Gasteiger partial charge in [0.2, 0.25) is 0 Å². The van der Waals surface area contributed by atoms with E-state index in [1.165, 1.54) is 11.3 Å². The molecule has 0 saturated carbocycles. The van der Waals surface area contributed by atoms with Crippen LogP contribution in [0.3, 0.4) is 0 Å². The summed E-state index contributed by atoms with van der Waals surface area (Å²) >= 11 is 1.39. The minimum atomic E-state index is -0.943. The molecule has 2 aromatic rings. The highest BCUT2D eigenvalue weighted by molar-refractivity contribution is 7.17. The number of thiazole rings is 1. The number of nitrogens with zero attached hydrogens (tertiary/aromatic N) is 4. The third-order valence-electron chi connectivity index (χ3n) is 5.02. The zero-order valence-corrected chi connectivity index (χ0v) is 18.7. The molecular formula is C21H29N5O3S. The first-order valence-electron chi connectivity index (χ1n) is 10.1. The fourth-order valence-corrected chi connectivity index (χ4v) is 4.67. The minimum Gasteiger partial charge on any atom is -0.481 e. The standard InChI is InChI=1S/C21H29N5O3S/c1-14(2)17-18(19(29)24-21(3,4)13-16(27)28)30-20(23-17)26-11-9-25(10-12-26)15-5-7-22-8-6-15/h5-8,14H,9-13H2,1-4H3,(H,24,29)(H,27,28). The number of hydrogen-bond donors (Lipinski definition) is 2. The summed E-state index contributed by atoms with van der Waals surface area (Å²) in [6.45, 7) is 10.8. The SMILES string of the molecule is CC(C)c1nc(N2CCN(c3ccncc3)CC2)sc1C(=O)NC(C)(C)CC(=O)O. The molecule has 1 fully saturated rings. The van der Waals surface area contributed by atoms with Gasteiger partial charge < -0.3 is 20.2 Å². The van der Waals surface area contributed by atoms with E-state index >= 15 is 0 Å². The average Bonchev–Trinajstić information content (AvgIpc) is 3.13. The first kappa shape index (κ1) is 22.0. The smallest absolute Gasteiger partial charge is 0.305 e. The predicted octanol–water partition coefficient (Wildman–Crippen LogP) is 2.97. The van der Waals surface area contributed by atoms with Gasteiger partial charge in [0.1, 0.15) is 4.88 Å². The van der Waals surface area contributed by atoms with E-state index < -0.39 is 11.5 Å². The number of carbonyl (C=O) groups excluding carboxylic acids is 1. The molecule has 3 rings (SSSR count). The van der Waals surface area contributed by atoms with E-state index in [2.05, 4.69) is 20.1 Å². The summed E-state index contributed by atoms with van der Waals surface area (Å²) in [5.41, 5.74) is 1.08. The summed E-state index contributed by atoms with van der Waals surface area (Å²) in [4.78, 5) is 38.0. The highest BCUT2D eigenvalue weighted by Crippen LogP contribution is 2.32. The molecule has 0 aromatic carbocycles. The highest BCUT2D eigenvalue weighted by atomic mass is 32.1. The van der Waals surface area contributed by atoms with Crippen molar-refractivity contribution in [1.82, 2.24) is 15.3 Å². The van der Waals surface area contributed by atoms with E-state index in [1.54, 1.807) is 26.2 Å². The fourth-order valence-electron chi connectivity index (χ4n) is 3.51. The molecule has 0 spiro atoms. The monoisotopic (exact) mass is 431 g/mol. The first-order valence-corrected chi connectivity index (χ1v) is 10.9. The predicted molar refractivity (Wildman–Crippen MR) is 119 cm³/mol. The molecule has 30 heavy (non-hydrogen) atoms. The Kier molecular flexibility index (Phi) is 6.60. The normalized spacial score (nSPS) is 14.8. The molecule has 2 N–H and O–H groups in total. The van der Waals surface area contributed by atoms with Crippen LogP contribution >= 0.6 is 11.3 Å². The van der Waals surface area contributed by atoms with Crippen molar-refractivity contribution in [1.29, 1.82) is 0 Å². The molecule has 2 aromatic heterocycles. The zero-order chi connectivity index (χ0) is 21.9. The Morgan fingerprint density at radius 2 is 1.77 bits per heavy atom. The van der Waals surface area contributed by atoms with Crippen molar-refractivity contribution in [2.75, 3.05) is 36.0 Å². The molecule has 8 nitrogen and oxygen atoms in total. The molecule has 3 heterocycles. The number of anilines is 2. The highest BCUT2D eigenvalue weighted by Gasteiger charge is 2.29.